The first kappa shape index (κ1) is 18.7. The number of nitrogens with zero attached hydrogens (tertiary/aromatic N) is 1. The third-order valence-electron chi connectivity index (χ3n) is 6.35. The van der Waals surface area contributed by atoms with E-state index in [4.69, 9.17) is 0 Å². The zero-order valence-electron chi connectivity index (χ0n) is 17.7. The molecule has 0 amide bonds. The summed E-state index contributed by atoms with van der Waals surface area (Å²) >= 11 is 0. The molecule has 32 heavy (non-hydrogen) atoms. The summed E-state index contributed by atoms with van der Waals surface area (Å²) in [5, 5.41) is 0. The molecule has 0 radical (unpaired) electrons. The monoisotopic (exact) mass is 409 g/mol. The zero-order chi connectivity index (χ0) is 21.3. The van der Waals surface area contributed by atoms with E-state index < -0.39 is 0 Å². The van der Waals surface area contributed by atoms with E-state index in [1.54, 1.807) is 0 Å². The van der Waals surface area contributed by atoms with Crippen LogP contribution in [0.4, 0.5) is 17.1 Å². The van der Waals surface area contributed by atoms with Crippen LogP contribution in [0.5, 0.6) is 0 Å². The number of rotatable bonds is 4. The van der Waals surface area contributed by atoms with Gasteiger partial charge in [0.05, 0.1) is 5.69 Å². The lowest BCUT2D eigenvalue weighted by atomic mass is 9.87. The van der Waals surface area contributed by atoms with Gasteiger partial charge in [-0.05, 0) is 58.1 Å². The normalized spacial score (nSPS) is 12.2. The standard InChI is InChI=1S/C31H23N/c1-3-13-23(14-4-1)32(24-15-5-2-6-16-24)30-22-12-11-21-29(30)31-27-19-9-7-17-25(27)26-18-8-10-20-28(26)31/h1-22,31H. The molecule has 0 heterocycles. The van der Waals surface area contributed by atoms with Crippen molar-refractivity contribution in [3.8, 4) is 11.1 Å². The van der Waals surface area contributed by atoms with E-state index in [-0.39, 0.29) is 5.92 Å². The lowest BCUT2D eigenvalue weighted by Gasteiger charge is -2.29. The predicted octanol–water partition coefficient (Wildman–Crippen LogP) is 8.32. The van der Waals surface area contributed by atoms with E-state index in [9.17, 15) is 0 Å². The molecule has 152 valence electrons. The highest BCUT2D eigenvalue weighted by atomic mass is 15.1. The second kappa shape index (κ2) is 7.86. The Hall–Kier alpha value is -4.10. The van der Waals surface area contributed by atoms with Crippen LogP contribution < -0.4 is 4.90 Å². The van der Waals surface area contributed by atoms with Crippen LogP contribution >= 0.6 is 0 Å². The molecular formula is C31H23N. The number of anilines is 3. The highest BCUT2D eigenvalue weighted by Crippen LogP contribution is 2.51. The number of hydrogen-bond acceptors (Lipinski definition) is 1. The predicted molar refractivity (Wildman–Crippen MR) is 134 cm³/mol. The van der Waals surface area contributed by atoms with Crippen molar-refractivity contribution >= 4 is 17.1 Å². The molecule has 1 heteroatoms. The van der Waals surface area contributed by atoms with E-state index in [1.807, 2.05) is 0 Å². The minimum atomic E-state index is 0.202. The van der Waals surface area contributed by atoms with Gasteiger partial charge in [0.1, 0.15) is 0 Å². The maximum atomic E-state index is 2.37. The minimum Gasteiger partial charge on any atom is -0.310 e. The van der Waals surface area contributed by atoms with Crippen LogP contribution in [0.3, 0.4) is 0 Å². The molecule has 0 atom stereocenters. The van der Waals surface area contributed by atoms with Gasteiger partial charge in [-0.1, -0.05) is 103 Å². The van der Waals surface area contributed by atoms with Crippen LogP contribution in [0, 0.1) is 0 Å². The van der Waals surface area contributed by atoms with E-state index in [1.165, 1.54) is 33.5 Å². The number of para-hydroxylation sites is 3. The van der Waals surface area contributed by atoms with Gasteiger partial charge in [-0.3, -0.25) is 0 Å². The Kier molecular flexibility index (Phi) is 4.58. The van der Waals surface area contributed by atoms with Crippen molar-refractivity contribution in [2.75, 3.05) is 4.90 Å². The molecule has 0 aliphatic heterocycles. The SMILES string of the molecule is c1ccc(N(c2ccccc2)c2ccccc2C2c3ccccc3-c3ccccc32)cc1. The molecule has 0 unspecified atom stereocenters. The lowest BCUT2D eigenvalue weighted by molar-refractivity contribution is 1.01. The maximum Gasteiger partial charge on any atom is 0.0503 e. The molecule has 0 N–H and O–H groups in total. The largest absolute Gasteiger partial charge is 0.310 e. The van der Waals surface area contributed by atoms with Gasteiger partial charge in [-0.15, -0.1) is 0 Å². The lowest BCUT2D eigenvalue weighted by Crippen LogP contribution is -2.14. The number of benzene rings is 5. The molecule has 1 aliphatic carbocycles. The number of hydrogen-bond donors (Lipinski definition) is 0. The van der Waals surface area contributed by atoms with Gasteiger partial charge in [-0.25, -0.2) is 0 Å². The van der Waals surface area contributed by atoms with Crippen molar-refractivity contribution in [3.63, 3.8) is 0 Å². The molecule has 0 spiro atoms. The number of fused-ring (bicyclic) bond motifs is 3. The van der Waals surface area contributed by atoms with Gasteiger partial charge in [0.2, 0.25) is 0 Å². The van der Waals surface area contributed by atoms with Crippen LogP contribution in [-0.2, 0) is 0 Å². The second-order valence-corrected chi connectivity index (χ2v) is 8.17. The smallest absolute Gasteiger partial charge is 0.0503 e. The molecule has 1 aliphatic rings. The summed E-state index contributed by atoms with van der Waals surface area (Å²) in [5.41, 5.74) is 10.3. The van der Waals surface area contributed by atoms with E-state index in [0.717, 1.165) is 11.4 Å². The van der Waals surface area contributed by atoms with Gasteiger partial charge in [0.15, 0.2) is 0 Å². The Morgan fingerprint density at radius 2 is 0.781 bits per heavy atom. The fourth-order valence-electron chi connectivity index (χ4n) is 5.01. The zero-order valence-corrected chi connectivity index (χ0v) is 17.7. The first-order valence-corrected chi connectivity index (χ1v) is 11.1. The Morgan fingerprint density at radius 1 is 0.375 bits per heavy atom. The average molecular weight is 410 g/mol. The summed E-state index contributed by atoms with van der Waals surface area (Å²) in [4.78, 5) is 2.37. The van der Waals surface area contributed by atoms with E-state index in [2.05, 4.69) is 138 Å². The Balaban J connectivity index is 1.60. The molecule has 0 aromatic heterocycles. The van der Waals surface area contributed by atoms with Crippen LogP contribution in [0.1, 0.15) is 22.6 Å². The maximum absolute atomic E-state index is 2.37. The van der Waals surface area contributed by atoms with Crippen molar-refractivity contribution in [2.45, 2.75) is 5.92 Å². The van der Waals surface area contributed by atoms with Crippen LogP contribution in [0.2, 0.25) is 0 Å². The molecular weight excluding hydrogens is 386 g/mol. The Morgan fingerprint density at radius 3 is 1.31 bits per heavy atom. The van der Waals surface area contributed by atoms with E-state index in [0.29, 0.717) is 0 Å². The highest BCUT2D eigenvalue weighted by molar-refractivity contribution is 5.85. The summed E-state index contributed by atoms with van der Waals surface area (Å²) in [6.07, 6.45) is 0. The average Bonchev–Trinajstić information content (AvgIpc) is 3.20. The molecule has 5 aromatic carbocycles. The van der Waals surface area contributed by atoms with Crippen molar-refractivity contribution < 1.29 is 0 Å². The third-order valence-corrected chi connectivity index (χ3v) is 6.35. The van der Waals surface area contributed by atoms with Gasteiger partial charge in [0.25, 0.3) is 0 Å². The van der Waals surface area contributed by atoms with Crippen molar-refractivity contribution in [1.29, 1.82) is 0 Å². The molecule has 0 saturated carbocycles. The van der Waals surface area contributed by atoms with Crippen molar-refractivity contribution in [1.82, 2.24) is 0 Å². The molecule has 0 fully saturated rings. The molecule has 6 rings (SSSR count). The molecule has 5 aromatic rings. The van der Waals surface area contributed by atoms with Crippen molar-refractivity contribution in [2.24, 2.45) is 0 Å². The fourth-order valence-corrected chi connectivity index (χ4v) is 5.01. The first-order valence-electron chi connectivity index (χ1n) is 11.1. The van der Waals surface area contributed by atoms with Crippen molar-refractivity contribution in [3.05, 3.63) is 150 Å². The molecule has 0 bridgehead atoms. The van der Waals surface area contributed by atoms with Gasteiger partial charge < -0.3 is 4.90 Å². The Bertz CT molecular complexity index is 1270. The fraction of sp³-hybridized carbons (Fsp3) is 0.0323. The first-order chi connectivity index (χ1) is 15.9. The quantitative estimate of drug-likeness (QED) is 0.283. The summed E-state index contributed by atoms with van der Waals surface area (Å²) in [7, 11) is 0. The molecule has 0 saturated heterocycles. The van der Waals surface area contributed by atoms with Gasteiger partial charge >= 0.3 is 0 Å². The third kappa shape index (κ3) is 3.02. The summed E-state index contributed by atoms with van der Waals surface area (Å²) in [6.45, 7) is 0. The summed E-state index contributed by atoms with van der Waals surface area (Å²) in [6, 6.07) is 47.8. The summed E-state index contributed by atoms with van der Waals surface area (Å²) < 4.78 is 0. The Labute approximate surface area is 189 Å². The summed E-state index contributed by atoms with van der Waals surface area (Å²) in [5.74, 6) is 0.202. The van der Waals surface area contributed by atoms with Crippen LogP contribution in [0.25, 0.3) is 11.1 Å². The minimum absolute atomic E-state index is 0.202. The molecule has 1 nitrogen and oxygen atoms in total. The van der Waals surface area contributed by atoms with E-state index >= 15 is 0 Å². The highest BCUT2D eigenvalue weighted by Gasteiger charge is 2.32. The topological polar surface area (TPSA) is 3.24 Å². The van der Waals surface area contributed by atoms with Gasteiger partial charge in [0, 0.05) is 17.3 Å². The van der Waals surface area contributed by atoms with Crippen LogP contribution in [-0.4, -0.2) is 0 Å². The van der Waals surface area contributed by atoms with Gasteiger partial charge in [-0.2, -0.15) is 0 Å². The van der Waals surface area contributed by atoms with Crippen LogP contribution in [0.15, 0.2) is 133 Å². The second-order valence-electron chi connectivity index (χ2n) is 8.17.